The molecule has 4 rings (SSSR count). The predicted octanol–water partition coefficient (Wildman–Crippen LogP) is 4.93. The van der Waals surface area contributed by atoms with Gasteiger partial charge in [0.25, 0.3) is 0 Å². The maximum atomic E-state index is 1.64. The maximum absolute atomic E-state index is 1.64. The lowest BCUT2D eigenvalue weighted by molar-refractivity contribution is -0.00965. The quantitative estimate of drug-likeness (QED) is 0.585. The zero-order chi connectivity index (χ0) is 10.6. The van der Waals surface area contributed by atoms with Crippen molar-refractivity contribution in [2.45, 2.75) is 77.0 Å². The van der Waals surface area contributed by atoms with E-state index in [1.165, 1.54) is 0 Å². The van der Waals surface area contributed by atoms with Crippen molar-refractivity contribution >= 4 is 0 Å². The van der Waals surface area contributed by atoms with Gasteiger partial charge in [-0.1, -0.05) is 25.7 Å². The summed E-state index contributed by atoms with van der Waals surface area (Å²) in [4.78, 5) is 0. The summed E-state index contributed by atoms with van der Waals surface area (Å²) in [5.74, 6) is 2.29. The van der Waals surface area contributed by atoms with Crippen LogP contribution in [0.3, 0.4) is 0 Å². The third-order valence-corrected chi connectivity index (χ3v) is 7.08. The van der Waals surface area contributed by atoms with Gasteiger partial charge in [-0.2, -0.15) is 0 Å². The number of hydrogen-bond acceptors (Lipinski definition) is 0. The first kappa shape index (κ1) is 9.97. The maximum Gasteiger partial charge on any atom is -0.0238 e. The molecule has 4 aliphatic carbocycles. The molecule has 0 heterocycles. The molecule has 0 radical (unpaired) electrons. The van der Waals surface area contributed by atoms with Crippen molar-refractivity contribution in [2.24, 2.45) is 22.7 Å². The normalized spacial score (nSPS) is 55.5. The highest BCUT2D eigenvalue weighted by Gasteiger charge is 2.58. The molecular weight excluding hydrogens is 192 g/mol. The highest BCUT2D eigenvalue weighted by atomic mass is 14.6. The summed E-state index contributed by atoms with van der Waals surface area (Å²) in [5, 5.41) is 0. The molecule has 0 spiro atoms. The van der Waals surface area contributed by atoms with Crippen LogP contribution < -0.4 is 0 Å². The lowest BCUT2D eigenvalue weighted by Gasteiger charge is -2.51. The van der Waals surface area contributed by atoms with Crippen LogP contribution in [0, 0.1) is 22.7 Å². The molecule has 0 N–H and O–H groups in total. The molecule has 4 atom stereocenters. The van der Waals surface area contributed by atoms with E-state index in [2.05, 4.69) is 0 Å². The average Bonchev–Trinajstić information content (AvgIpc) is 2.80. The molecule has 0 heteroatoms. The number of rotatable bonds is 1. The Morgan fingerprint density at radius 2 is 1.06 bits per heavy atom. The van der Waals surface area contributed by atoms with E-state index in [1.54, 1.807) is 77.0 Å². The Labute approximate surface area is 100 Å². The van der Waals surface area contributed by atoms with Gasteiger partial charge in [0.2, 0.25) is 0 Å². The first-order valence-electron chi connectivity index (χ1n) is 7.82. The van der Waals surface area contributed by atoms with Crippen molar-refractivity contribution in [3.05, 3.63) is 0 Å². The smallest absolute Gasteiger partial charge is 0.0238 e. The lowest BCUT2D eigenvalue weighted by atomic mass is 9.54. The van der Waals surface area contributed by atoms with Crippen molar-refractivity contribution < 1.29 is 0 Å². The van der Waals surface area contributed by atoms with Crippen molar-refractivity contribution in [3.63, 3.8) is 0 Å². The monoisotopic (exact) mass is 218 g/mol. The van der Waals surface area contributed by atoms with E-state index in [-0.39, 0.29) is 0 Å². The Morgan fingerprint density at radius 1 is 0.562 bits per heavy atom. The molecule has 0 nitrogen and oxygen atoms in total. The second-order valence-corrected chi connectivity index (χ2v) is 7.56. The van der Waals surface area contributed by atoms with Gasteiger partial charge in [-0.3, -0.25) is 0 Å². The fraction of sp³-hybridized carbons (Fsp3) is 1.00. The Balaban J connectivity index is 1.68. The highest BCUT2D eigenvalue weighted by molar-refractivity contribution is 5.08. The van der Waals surface area contributed by atoms with E-state index in [4.69, 9.17) is 0 Å². The van der Waals surface area contributed by atoms with E-state index < -0.39 is 0 Å². The van der Waals surface area contributed by atoms with E-state index >= 15 is 0 Å². The fourth-order valence-corrected chi connectivity index (χ4v) is 6.37. The molecule has 0 aromatic heterocycles. The zero-order valence-electron chi connectivity index (χ0n) is 10.6. The van der Waals surface area contributed by atoms with Gasteiger partial charge in [0.05, 0.1) is 0 Å². The molecule has 4 unspecified atom stereocenters. The minimum atomic E-state index is 0.852. The molecule has 0 aromatic rings. The Hall–Kier alpha value is 0. The molecule has 0 aliphatic heterocycles. The van der Waals surface area contributed by atoms with Crippen LogP contribution in [0.4, 0.5) is 0 Å². The van der Waals surface area contributed by atoms with Gasteiger partial charge in [-0.25, -0.2) is 0 Å². The lowest BCUT2D eigenvalue weighted by Crippen LogP contribution is -2.41. The van der Waals surface area contributed by atoms with E-state index in [0.29, 0.717) is 0 Å². The van der Waals surface area contributed by atoms with Crippen molar-refractivity contribution in [1.29, 1.82) is 0 Å². The Kier molecular flexibility index (Phi) is 2.04. The van der Waals surface area contributed by atoms with Gasteiger partial charge in [0, 0.05) is 0 Å². The number of hydrogen-bond donors (Lipinski definition) is 0. The average molecular weight is 218 g/mol. The van der Waals surface area contributed by atoms with E-state index in [0.717, 1.165) is 22.7 Å². The number of fused-ring (bicyclic) bond motifs is 5. The van der Waals surface area contributed by atoms with Crippen molar-refractivity contribution in [1.82, 2.24) is 0 Å². The second-order valence-electron chi connectivity index (χ2n) is 7.56. The third kappa shape index (κ3) is 1.17. The molecule has 0 amide bonds. The standard InChI is InChI=1S/C16H26/c1-3-13-5-9-15(7-1,11-13)16-8-2-4-14(12-16)6-10-16/h13-14H,1-12H2. The van der Waals surface area contributed by atoms with Crippen LogP contribution in [0.5, 0.6) is 0 Å². The minimum Gasteiger partial charge on any atom is -0.0525 e. The predicted molar refractivity (Wildman–Crippen MR) is 67.3 cm³/mol. The van der Waals surface area contributed by atoms with E-state index in [1.807, 2.05) is 0 Å². The molecule has 0 saturated heterocycles. The van der Waals surface area contributed by atoms with Crippen LogP contribution in [0.15, 0.2) is 0 Å². The third-order valence-electron chi connectivity index (χ3n) is 7.08. The van der Waals surface area contributed by atoms with Crippen LogP contribution in [-0.2, 0) is 0 Å². The largest absolute Gasteiger partial charge is 0.0525 e. The molecule has 4 saturated carbocycles. The molecular formula is C16H26. The van der Waals surface area contributed by atoms with Gasteiger partial charge < -0.3 is 0 Å². The Bertz CT molecular complexity index is 256. The topological polar surface area (TPSA) is 0 Å². The summed E-state index contributed by atoms with van der Waals surface area (Å²) in [6.45, 7) is 0. The molecule has 4 bridgehead atoms. The highest BCUT2D eigenvalue weighted by Crippen LogP contribution is 2.69. The summed E-state index contributed by atoms with van der Waals surface area (Å²) >= 11 is 0. The SMILES string of the molecule is C1CC2CCC(C34CCCC(CC3)C4)(C1)C2. The molecule has 0 aromatic carbocycles. The fourth-order valence-electron chi connectivity index (χ4n) is 6.37. The van der Waals surface area contributed by atoms with Crippen LogP contribution in [-0.4, -0.2) is 0 Å². The van der Waals surface area contributed by atoms with Crippen LogP contribution in [0.2, 0.25) is 0 Å². The summed E-state index contributed by atoms with van der Waals surface area (Å²) in [6.07, 6.45) is 19.2. The molecule has 90 valence electrons. The first-order valence-corrected chi connectivity index (χ1v) is 7.82. The van der Waals surface area contributed by atoms with Crippen LogP contribution in [0.1, 0.15) is 77.0 Å². The summed E-state index contributed by atoms with van der Waals surface area (Å²) in [6, 6.07) is 0. The Morgan fingerprint density at radius 3 is 1.56 bits per heavy atom. The second kappa shape index (κ2) is 3.27. The van der Waals surface area contributed by atoms with Gasteiger partial charge in [-0.05, 0) is 74.0 Å². The van der Waals surface area contributed by atoms with Gasteiger partial charge in [0.1, 0.15) is 0 Å². The van der Waals surface area contributed by atoms with Crippen molar-refractivity contribution in [3.8, 4) is 0 Å². The van der Waals surface area contributed by atoms with E-state index in [9.17, 15) is 0 Å². The minimum absolute atomic E-state index is 0.852. The van der Waals surface area contributed by atoms with Crippen molar-refractivity contribution in [2.75, 3.05) is 0 Å². The molecule has 4 fully saturated rings. The van der Waals surface area contributed by atoms with Gasteiger partial charge >= 0.3 is 0 Å². The first-order chi connectivity index (χ1) is 7.82. The summed E-state index contributed by atoms with van der Waals surface area (Å²) < 4.78 is 0. The van der Waals surface area contributed by atoms with Gasteiger partial charge in [-0.15, -0.1) is 0 Å². The van der Waals surface area contributed by atoms with Crippen LogP contribution in [0.25, 0.3) is 0 Å². The molecule has 4 aliphatic rings. The summed E-state index contributed by atoms with van der Waals surface area (Å²) in [5.41, 5.74) is 1.70. The van der Waals surface area contributed by atoms with Crippen LogP contribution >= 0.6 is 0 Å². The zero-order valence-corrected chi connectivity index (χ0v) is 10.6. The summed E-state index contributed by atoms with van der Waals surface area (Å²) in [7, 11) is 0. The molecule has 16 heavy (non-hydrogen) atoms. The van der Waals surface area contributed by atoms with Gasteiger partial charge in [0.15, 0.2) is 0 Å².